The van der Waals surface area contributed by atoms with Gasteiger partial charge in [0.05, 0.1) is 16.6 Å². The molecule has 322 valence electrons. The van der Waals surface area contributed by atoms with E-state index < -0.39 is 5.41 Å². The summed E-state index contributed by atoms with van der Waals surface area (Å²) < 4.78 is 0. The van der Waals surface area contributed by atoms with Crippen molar-refractivity contribution >= 4 is 21.7 Å². The molecule has 0 atom stereocenters. The van der Waals surface area contributed by atoms with E-state index in [4.69, 9.17) is 19.9 Å². The smallest absolute Gasteiger partial charge is 0.164 e. The van der Waals surface area contributed by atoms with Gasteiger partial charge in [0.15, 0.2) is 17.5 Å². The number of rotatable bonds is 8. The molecule has 9 aromatic carbocycles. The Labute approximate surface area is 400 Å². The molecule has 12 aromatic rings. The number of pyridine rings is 2. The average molecular weight is 880 g/mol. The van der Waals surface area contributed by atoms with E-state index in [1.54, 1.807) is 0 Å². The van der Waals surface area contributed by atoms with Crippen molar-refractivity contribution < 1.29 is 0 Å². The Hall–Kier alpha value is -9.19. The maximum atomic E-state index is 5.21. The van der Waals surface area contributed by atoms with Gasteiger partial charge in [0.25, 0.3) is 0 Å². The number of fused-ring (bicyclic) bond motifs is 6. The highest BCUT2D eigenvalue weighted by Gasteiger charge is 2.46. The number of hydrogen-bond acceptors (Lipinski definition) is 5. The zero-order valence-corrected chi connectivity index (χ0v) is 37.4. The molecule has 0 bridgehead atoms. The SMILES string of the molecule is c1ccc(-c2nc(-c3ccccc3)nc(-c3cc(-c4ccc(-c5nc6ccccc6c6ccncc56)cc4)cc(-c4ccc5c(c4)-c4ccccc4C5(c4ccccc4)c4ccccc4)c3)n2)cc1. The van der Waals surface area contributed by atoms with Gasteiger partial charge in [0.2, 0.25) is 0 Å². The summed E-state index contributed by atoms with van der Waals surface area (Å²) >= 11 is 0. The number of nitrogens with zero attached hydrogens (tertiary/aromatic N) is 5. The summed E-state index contributed by atoms with van der Waals surface area (Å²) in [6.45, 7) is 0. The minimum Gasteiger partial charge on any atom is -0.264 e. The highest BCUT2D eigenvalue weighted by Crippen LogP contribution is 2.56. The molecule has 0 unspecified atom stereocenters. The Morgan fingerprint density at radius 1 is 0.290 bits per heavy atom. The van der Waals surface area contributed by atoms with E-state index in [0.717, 1.165) is 71.9 Å². The van der Waals surface area contributed by atoms with Crippen molar-refractivity contribution in [1.82, 2.24) is 24.9 Å². The van der Waals surface area contributed by atoms with E-state index >= 15 is 0 Å². The molecular formula is C64H41N5. The zero-order valence-electron chi connectivity index (χ0n) is 37.4. The van der Waals surface area contributed by atoms with Crippen molar-refractivity contribution in [1.29, 1.82) is 0 Å². The third-order valence-corrected chi connectivity index (χ3v) is 13.7. The first-order valence-electron chi connectivity index (χ1n) is 23.3. The maximum Gasteiger partial charge on any atom is 0.164 e. The molecule has 3 heterocycles. The molecule has 1 aliphatic rings. The summed E-state index contributed by atoms with van der Waals surface area (Å²) in [5.41, 5.74) is 16.9. The molecule has 0 saturated carbocycles. The fourth-order valence-corrected chi connectivity index (χ4v) is 10.5. The first-order chi connectivity index (χ1) is 34.2. The quantitative estimate of drug-likeness (QED) is 0.142. The van der Waals surface area contributed by atoms with Crippen LogP contribution in [0.4, 0.5) is 0 Å². The van der Waals surface area contributed by atoms with Crippen LogP contribution < -0.4 is 0 Å². The number of hydrogen-bond donors (Lipinski definition) is 0. The number of para-hydroxylation sites is 1. The third-order valence-electron chi connectivity index (χ3n) is 13.7. The van der Waals surface area contributed by atoms with Gasteiger partial charge in [-0.2, -0.15) is 0 Å². The van der Waals surface area contributed by atoms with Crippen molar-refractivity contribution in [2.75, 3.05) is 0 Å². The average Bonchev–Trinajstić information content (AvgIpc) is 3.74. The summed E-state index contributed by atoms with van der Waals surface area (Å²) in [6, 6.07) is 84.0. The molecule has 0 amide bonds. The maximum absolute atomic E-state index is 5.21. The Bertz CT molecular complexity index is 3780. The normalized spacial score (nSPS) is 12.5. The lowest BCUT2D eigenvalue weighted by Crippen LogP contribution is -2.28. The Kier molecular flexibility index (Phi) is 9.65. The summed E-state index contributed by atoms with van der Waals surface area (Å²) in [5.74, 6) is 1.83. The van der Waals surface area contributed by atoms with Gasteiger partial charge in [0.1, 0.15) is 0 Å². The van der Waals surface area contributed by atoms with Gasteiger partial charge in [-0.3, -0.25) is 4.98 Å². The minimum atomic E-state index is -0.491. The summed E-state index contributed by atoms with van der Waals surface area (Å²) in [4.78, 5) is 25.2. The summed E-state index contributed by atoms with van der Waals surface area (Å²) in [5, 5.41) is 3.27. The van der Waals surface area contributed by atoms with Gasteiger partial charge in [-0.1, -0.05) is 200 Å². The van der Waals surface area contributed by atoms with Crippen molar-refractivity contribution in [2.45, 2.75) is 5.41 Å². The second-order valence-electron chi connectivity index (χ2n) is 17.6. The van der Waals surface area contributed by atoms with Crippen LogP contribution in [0, 0.1) is 0 Å². The van der Waals surface area contributed by atoms with Crippen LogP contribution in [-0.2, 0) is 5.41 Å². The zero-order chi connectivity index (χ0) is 45.7. The lowest BCUT2D eigenvalue weighted by Gasteiger charge is -2.33. The molecule has 5 heteroatoms. The lowest BCUT2D eigenvalue weighted by atomic mass is 9.67. The second-order valence-corrected chi connectivity index (χ2v) is 17.6. The van der Waals surface area contributed by atoms with E-state index in [9.17, 15) is 0 Å². The van der Waals surface area contributed by atoms with Crippen LogP contribution in [0.3, 0.4) is 0 Å². The van der Waals surface area contributed by atoms with E-state index in [0.29, 0.717) is 17.5 Å². The monoisotopic (exact) mass is 879 g/mol. The largest absolute Gasteiger partial charge is 0.264 e. The Morgan fingerprint density at radius 3 is 1.46 bits per heavy atom. The second kappa shape index (κ2) is 16.6. The van der Waals surface area contributed by atoms with Crippen LogP contribution in [0.15, 0.2) is 249 Å². The van der Waals surface area contributed by atoms with Crippen molar-refractivity contribution in [2.24, 2.45) is 0 Å². The molecule has 0 saturated heterocycles. The topological polar surface area (TPSA) is 64.5 Å². The van der Waals surface area contributed by atoms with E-state index in [-0.39, 0.29) is 0 Å². The fourth-order valence-electron chi connectivity index (χ4n) is 10.5. The van der Waals surface area contributed by atoms with Gasteiger partial charge in [0, 0.05) is 45.4 Å². The van der Waals surface area contributed by atoms with Gasteiger partial charge < -0.3 is 0 Å². The van der Waals surface area contributed by atoms with E-state index in [1.807, 2.05) is 79.1 Å². The Morgan fingerprint density at radius 2 is 0.797 bits per heavy atom. The highest BCUT2D eigenvalue weighted by atomic mass is 15.0. The molecule has 0 aliphatic heterocycles. The predicted molar refractivity (Wildman–Crippen MR) is 280 cm³/mol. The molecule has 3 aromatic heterocycles. The first-order valence-corrected chi connectivity index (χ1v) is 23.3. The van der Waals surface area contributed by atoms with Gasteiger partial charge in [-0.25, -0.2) is 19.9 Å². The van der Waals surface area contributed by atoms with Crippen LogP contribution in [-0.4, -0.2) is 24.9 Å². The standard InChI is InChI=1S/C64H41N5/c1-5-17-44(18-6-1)61-67-62(45-19-7-2-8-20-45)69-63(68-61)49-38-47(42-29-31-43(32-30-42)60-56-41-65-36-35-52(56)54-26-14-16-28-59(54)66-60)37-48(39-49)46-33-34-58-55(40-46)53-25-13-15-27-57(53)64(58,50-21-9-3-10-22-50)51-23-11-4-12-24-51/h1-41H. The van der Waals surface area contributed by atoms with Crippen molar-refractivity contribution in [3.63, 3.8) is 0 Å². The molecule has 13 rings (SSSR count). The van der Waals surface area contributed by atoms with Crippen molar-refractivity contribution in [3.05, 3.63) is 271 Å². The first kappa shape index (κ1) is 40.1. The molecule has 5 nitrogen and oxygen atoms in total. The predicted octanol–water partition coefficient (Wildman–Crippen LogP) is 15.3. The van der Waals surface area contributed by atoms with Gasteiger partial charge in [-0.05, 0) is 97.4 Å². The van der Waals surface area contributed by atoms with Crippen molar-refractivity contribution in [3.8, 4) is 78.8 Å². The van der Waals surface area contributed by atoms with Crippen LogP contribution in [0.2, 0.25) is 0 Å². The molecule has 0 fully saturated rings. The van der Waals surface area contributed by atoms with Crippen LogP contribution in [0.1, 0.15) is 22.3 Å². The molecular weight excluding hydrogens is 839 g/mol. The van der Waals surface area contributed by atoms with Crippen LogP contribution >= 0.6 is 0 Å². The van der Waals surface area contributed by atoms with Gasteiger partial charge >= 0.3 is 0 Å². The highest BCUT2D eigenvalue weighted by molar-refractivity contribution is 6.10. The van der Waals surface area contributed by atoms with Gasteiger partial charge in [-0.15, -0.1) is 0 Å². The van der Waals surface area contributed by atoms with Crippen LogP contribution in [0.5, 0.6) is 0 Å². The summed E-state index contributed by atoms with van der Waals surface area (Å²) in [6.07, 6.45) is 3.78. The summed E-state index contributed by atoms with van der Waals surface area (Å²) in [7, 11) is 0. The van der Waals surface area contributed by atoms with E-state index in [1.165, 1.54) is 33.4 Å². The molecule has 1 aliphatic carbocycles. The molecule has 0 spiro atoms. The fraction of sp³-hybridized carbons (Fsp3) is 0.0156. The lowest BCUT2D eigenvalue weighted by molar-refractivity contribution is 0.768. The molecule has 0 N–H and O–H groups in total. The van der Waals surface area contributed by atoms with E-state index in [2.05, 4.69) is 175 Å². The Balaban J connectivity index is 1.01. The molecule has 0 radical (unpaired) electrons. The molecule has 69 heavy (non-hydrogen) atoms. The number of aromatic nitrogens is 5. The number of benzene rings is 9. The third kappa shape index (κ3) is 6.82. The van der Waals surface area contributed by atoms with Crippen LogP contribution in [0.25, 0.3) is 100 Å². The minimum absolute atomic E-state index is 0.491.